The lowest BCUT2D eigenvalue weighted by Crippen LogP contribution is -2.55. The fraction of sp³-hybridized carbons (Fsp3) is 0.444. The van der Waals surface area contributed by atoms with Crippen molar-refractivity contribution in [2.75, 3.05) is 30.3 Å². The molecule has 1 atom stereocenters. The van der Waals surface area contributed by atoms with Gasteiger partial charge in [-0.05, 0) is 0 Å². The molecule has 0 aromatic carbocycles. The van der Waals surface area contributed by atoms with Crippen LogP contribution in [0, 0.1) is 0 Å². The SMILES string of the molecule is Nc1c(N2CCNCC2C(=O)O)nc[nH]c1=O. The molecule has 1 saturated heterocycles. The molecule has 1 aromatic rings. The number of aromatic amines is 1. The third-order valence-electron chi connectivity index (χ3n) is 2.67. The standard InChI is InChI=1S/C9H13N5O3/c10-6-7(12-4-13-8(6)15)14-2-1-11-3-5(14)9(16)17/h4-5,11H,1-3,10H2,(H,16,17)(H,12,13,15). The second kappa shape index (κ2) is 4.42. The number of hydrogen-bond acceptors (Lipinski definition) is 6. The van der Waals surface area contributed by atoms with Crippen molar-refractivity contribution in [1.82, 2.24) is 15.3 Å². The highest BCUT2D eigenvalue weighted by molar-refractivity contribution is 5.80. The Hall–Kier alpha value is -2.09. The number of nitrogen functional groups attached to an aromatic ring is 1. The van der Waals surface area contributed by atoms with Crippen LogP contribution in [-0.4, -0.2) is 46.7 Å². The molecule has 1 aliphatic rings. The van der Waals surface area contributed by atoms with Gasteiger partial charge in [0.2, 0.25) is 0 Å². The molecule has 0 aliphatic carbocycles. The van der Waals surface area contributed by atoms with Crippen molar-refractivity contribution in [3.05, 3.63) is 16.7 Å². The van der Waals surface area contributed by atoms with Crippen LogP contribution in [0.15, 0.2) is 11.1 Å². The number of aromatic nitrogens is 2. The monoisotopic (exact) mass is 239 g/mol. The first-order chi connectivity index (χ1) is 8.11. The molecule has 8 heteroatoms. The first-order valence-electron chi connectivity index (χ1n) is 5.14. The maximum atomic E-state index is 11.3. The number of carboxylic acids is 1. The summed E-state index contributed by atoms with van der Waals surface area (Å²) in [5.74, 6) is -0.749. The van der Waals surface area contributed by atoms with Crippen molar-refractivity contribution in [3.63, 3.8) is 0 Å². The molecular weight excluding hydrogens is 226 g/mol. The summed E-state index contributed by atoms with van der Waals surface area (Å²) in [5.41, 5.74) is 5.10. The van der Waals surface area contributed by atoms with Crippen molar-refractivity contribution in [2.45, 2.75) is 6.04 Å². The van der Waals surface area contributed by atoms with E-state index in [-0.39, 0.29) is 11.5 Å². The minimum Gasteiger partial charge on any atom is -0.480 e. The maximum absolute atomic E-state index is 11.3. The van der Waals surface area contributed by atoms with Gasteiger partial charge < -0.3 is 26.0 Å². The van der Waals surface area contributed by atoms with Gasteiger partial charge in [0.25, 0.3) is 5.56 Å². The number of nitrogens with two attached hydrogens (primary N) is 1. The predicted molar refractivity (Wildman–Crippen MR) is 60.9 cm³/mol. The first kappa shape index (κ1) is 11.4. The fourth-order valence-corrected chi connectivity index (χ4v) is 1.81. The van der Waals surface area contributed by atoms with Crippen LogP contribution in [0.4, 0.5) is 11.5 Å². The van der Waals surface area contributed by atoms with Crippen molar-refractivity contribution in [2.24, 2.45) is 0 Å². The Labute approximate surface area is 96.5 Å². The third-order valence-corrected chi connectivity index (χ3v) is 2.67. The largest absolute Gasteiger partial charge is 0.480 e. The van der Waals surface area contributed by atoms with E-state index in [1.54, 1.807) is 0 Å². The Balaban J connectivity index is 2.39. The van der Waals surface area contributed by atoms with Gasteiger partial charge in [0, 0.05) is 19.6 Å². The number of carboxylic acid groups (broad SMARTS) is 1. The lowest BCUT2D eigenvalue weighted by Gasteiger charge is -2.34. The van der Waals surface area contributed by atoms with Gasteiger partial charge in [0.1, 0.15) is 11.7 Å². The fourth-order valence-electron chi connectivity index (χ4n) is 1.81. The summed E-state index contributed by atoms with van der Waals surface area (Å²) in [5, 5.41) is 12.1. The van der Waals surface area contributed by atoms with Gasteiger partial charge in [0.15, 0.2) is 5.82 Å². The van der Waals surface area contributed by atoms with Gasteiger partial charge in [-0.25, -0.2) is 9.78 Å². The van der Waals surface area contributed by atoms with Crippen molar-refractivity contribution in [3.8, 4) is 0 Å². The predicted octanol–water partition coefficient (Wildman–Crippen LogP) is -1.79. The Morgan fingerprint density at radius 3 is 3.12 bits per heavy atom. The zero-order valence-electron chi connectivity index (χ0n) is 9.01. The summed E-state index contributed by atoms with van der Waals surface area (Å²) >= 11 is 0. The number of piperazine rings is 1. The molecule has 1 aliphatic heterocycles. The lowest BCUT2D eigenvalue weighted by molar-refractivity contribution is -0.138. The highest BCUT2D eigenvalue weighted by atomic mass is 16.4. The van der Waals surface area contributed by atoms with E-state index in [4.69, 9.17) is 10.8 Å². The number of anilines is 2. The molecule has 0 saturated carbocycles. The topological polar surface area (TPSA) is 124 Å². The minimum atomic E-state index is -0.973. The molecule has 8 nitrogen and oxygen atoms in total. The lowest BCUT2D eigenvalue weighted by atomic mass is 10.2. The molecular formula is C9H13N5O3. The molecule has 0 amide bonds. The number of nitrogens with one attached hydrogen (secondary N) is 2. The number of aliphatic carboxylic acids is 1. The smallest absolute Gasteiger partial charge is 0.327 e. The third kappa shape index (κ3) is 2.07. The number of carbonyl (C=O) groups is 1. The van der Waals surface area contributed by atoms with E-state index in [0.717, 1.165) is 0 Å². The molecule has 0 radical (unpaired) electrons. The van der Waals surface area contributed by atoms with Crippen molar-refractivity contribution >= 4 is 17.5 Å². The zero-order valence-corrected chi connectivity index (χ0v) is 9.01. The van der Waals surface area contributed by atoms with E-state index in [1.165, 1.54) is 11.2 Å². The molecule has 1 aromatic heterocycles. The van der Waals surface area contributed by atoms with E-state index >= 15 is 0 Å². The van der Waals surface area contributed by atoms with Crippen LogP contribution < -0.4 is 21.5 Å². The first-order valence-corrected chi connectivity index (χ1v) is 5.14. The van der Waals surface area contributed by atoms with Crippen molar-refractivity contribution in [1.29, 1.82) is 0 Å². The van der Waals surface area contributed by atoms with Gasteiger partial charge >= 0.3 is 5.97 Å². The molecule has 1 unspecified atom stereocenters. The van der Waals surface area contributed by atoms with E-state index < -0.39 is 17.6 Å². The maximum Gasteiger partial charge on any atom is 0.327 e. The Morgan fingerprint density at radius 1 is 1.65 bits per heavy atom. The molecule has 0 bridgehead atoms. The van der Waals surface area contributed by atoms with Crippen LogP contribution in [0.3, 0.4) is 0 Å². The van der Waals surface area contributed by atoms with E-state index in [1.807, 2.05) is 0 Å². The van der Waals surface area contributed by atoms with Crippen LogP contribution in [-0.2, 0) is 4.79 Å². The Morgan fingerprint density at radius 2 is 2.41 bits per heavy atom. The normalized spacial score (nSPS) is 20.2. The van der Waals surface area contributed by atoms with Gasteiger partial charge in [-0.2, -0.15) is 0 Å². The Bertz CT molecular complexity index is 486. The second-order valence-corrected chi connectivity index (χ2v) is 3.72. The number of H-pyrrole nitrogens is 1. The summed E-state index contributed by atoms with van der Waals surface area (Å²) in [6.07, 6.45) is 1.22. The highest BCUT2D eigenvalue weighted by Gasteiger charge is 2.30. The van der Waals surface area contributed by atoms with Crippen LogP contribution in [0.25, 0.3) is 0 Å². The van der Waals surface area contributed by atoms with Crippen LogP contribution >= 0.6 is 0 Å². The zero-order chi connectivity index (χ0) is 12.4. The van der Waals surface area contributed by atoms with Gasteiger partial charge in [-0.1, -0.05) is 0 Å². The van der Waals surface area contributed by atoms with Gasteiger partial charge in [-0.15, -0.1) is 0 Å². The van der Waals surface area contributed by atoms with Crippen LogP contribution in [0.2, 0.25) is 0 Å². The summed E-state index contributed by atoms with van der Waals surface area (Å²) in [6, 6.07) is -0.764. The average molecular weight is 239 g/mol. The van der Waals surface area contributed by atoms with E-state index in [0.29, 0.717) is 19.6 Å². The van der Waals surface area contributed by atoms with Gasteiger partial charge in [-0.3, -0.25) is 4.79 Å². The van der Waals surface area contributed by atoms with E-state index in [2.05, 4.69) is 15.3 Å². The molecule has 1 fully saturated rings. The molecule has 17 heavy (non-hydrogen) atoms. The van der Waals surface area contributed by atoms with E-state index in [9.17, 15) is 9.59 Å². The molecule has 5 N–H and O–H groups in total. The molecule has 0 spiro atoms. The molecule has 2 rings (SSSR count). The molecule has 2 heterocycles. The summed E-state index contributed by atoms with van der Waals surface area (Å²) in [7, 11) is 0. The summed E-state index contributed by atoms with van der Waals surface area (Å²) in [6.45, 7) is 1.36. The average Bonchev–Trinajstić information content (AvgIpc) is 2.33. The Kier molecular flexibility index (Phi) is 2.96. The second-order valence-electron chi connectivity index (χ2n) is 3.72. The van der Waals surface area contributed by atoms with Crippen LogP contribution in [0.5, 0.6) is 0 Å². The quantitative estimate of drug-likeness (QED) is 0.480. The minimum absolute atomic E-state index is 0.0550. The highest BCUT2D eigenvalue weighted by Crippen LogP contribution is 2.19. The summed E-state index contributed by atoms with van der Waals surface area (Å²) < 4.78 is 0. The number of rotatable bonds is 2. The van der Waals surface area contributed by atoms with Crippen LogP contribution in [0.1, 0.15) is 0 Å². The summed E-state index contributed by atoms with van der Waals surface area (Å²) in [4.78, 5) is 30.3. The van der Waals surface area contributed by atoms with Crippen molar-refractivity contribution < 1.29 is 9.90 Å². The number of hydrogen-bond donors (Lipinski definition) is 4. The number of nitrogens with zero attached hydrogens (tertiary/aromatic N) is 2. The van der Waals surface area contributed by atoms with Gasteiger partial charge in [0.05, 0.1) is 6.33 Å². The molecule has 92 valence electrons.